The fourth-order valence-electron chi connectivity index (χ4n) is 18.5. The first-order valence-corrected chi connectivity index (χ1v) is 31.3. The molecule has 1 heterocycles. The minimum Gasteiger partial charge on any atom is -0.452 e. The van der Waals surface area contributed by atoms with E-state index in [4.69, 9.17) is 21.2 Å². The van der Waals surface area contributed by atoms with Gasteiger partial charge in [-0.2, -0.15) is 21.0 Å². The maximum absolute atomic E-state index is 8.00. The van der Waals surface area contributed by atoms with E-state index in [0.717, 1.165) is 47.0 Å². The molecule has 2 nitrogen and oxygen atoms in total. The topological polar surface area (TPSA) is 18.5 Å². The van der Waals surface area contributed by atoms with Crippen molar-refractivity contribution in [2.24, 2.45) is 46.3 Å². The molecule has 0 aromatic heterocycles. The van der Waals surface area contributed by atoms with Crippen LogP contribution in [0.25, 0.3) is 0 Å². The molecule has 2 aromatic carbocycles. The van der Waals surface area contributed by atoms with Gasteiger partial charge in [0.05, 0.1) is 0 Å². The summed E-state index contributed by atoms with van der Waals surface area (Å²) in [6, 6.07) is 10.6. The van der Waals surface area contributed by atoms with Gasteiger partial charge in [-0.1, -0.05) is 131 Å². The lowest BCUT2D eigenvalue weighted by atomic mass is 9.41. The molecule has 9 saturated carbocycles. The van der Waals surface area contributed by atoms with Crippen molar-refractivity contribution in [1.82, 2.24) is 0 Å². The normalized spacial score (nSPS) is 39.3. The number of benzene rings is 2. The highest BCUT2D eigenvalue weighted by Gasteiger charge is 2.61. The fraction of sp³-hybridized carbons (Fsp3) is 0.778. The summed E-state index contributed by atoms with van der Waals surface area (Å²) in [5.74, 6) is 18.8. The van der Waals surface area contributed by atoms with Crippen molar-refractivity contribution in [3.05, 3.63) is 57.6 Å². The van der Waals surface area contributed by atoms with Gasteiger partial charge in [0.25, 0.3) is 0 Å². The Morgan fingerprint density at radius 3 is 1.24 bits per heavy atom. The lowest BCUT2D eigenvalue weighted by Gasteiger charge is -2.63. The van der Waals surface area contributed by atoms with Crippen molar-refractivity contribution in [3.63, 3.8) is 0 Å². The summed E-state index contributed by atoms with van der Waals surface area (Å²) in [5.41, 5.74) is 10.2. The quantitative estimate of drug-likeness (QED) is 0.269. The summed E-state index contributed by atoms with van der Waals surface area (Å²) in [6.45, 7) is 29.3. The second-order valence-corrected chi connectivity index (χ2v) is 33.2. The third kappa shape index (κ3) is 9.42. The van der Waals surface area contributed by atoms with Crippen molar-refractivity contribution in [2.75, 3.05) is 0 Å². The highest BCUT2D eigenvalue weighted by atomic mass is 32.2. The Bertz CT molecular complexity index is 2050. The van der Waals surface area contributed by atoms with E-state index in [1.54, 1.807) is 11.1 Å². The van der Waals surface area contributed by atoms with Crippen LogP contribution in [0.4, 0.5) is 0 Å². The number of rotatable bonds is 6. The molecule has 10 aliphatic rings. The number of hydrogen-bond acceptors (Lipinski definition) is 2. The highest BCUT2D eigenvalue weighted by molar-refractivity contribution is 8.17. The van der Waals surface area contributed by atoms with Gasteiger partial charge in [-0.3, -0.25) is 0 Å². The Morgan fingerprint density at radius 1 is 0.552 bits per heavy atom. The molecule has 0 N–H and O–H groups in total. The van der Waals surface area contributed by atoms with Crippen LogP contribution < -0.4 is 9.47 Å². The number of fused-ring (bicyclic) bond motifs is 3. The highest BCUT2D eigenvalue weighted by Crippen LogP contribution is 2.70. The van der Waals surface area contributed by atoms with Crippen LogP contribution in [-0.2, 0) is 33.2 Å². The zero-order valence-electron chi connectivity index (χ0n) is 45.0. The van der Waals surface area contributed by atoms with E-state index in [-0.39, 0.29) is 42.6 Å². The van der Waals surface area contributed by atoms with E-state index < -0.39 is 5.79 Å². The van der Waals surface area contributed by atoms with E-state index in [1.165, 1.54) is 162 Å². The monoisotopic (exact) mass is 949 g/mol. The van der Waals surface area contributed by atoms with Crippen molar-refractivity contribution in [1.29, 1.82) is 0 Å². The van der Waals surface area contributed by atoms with Gasteiger partial charge in [-0.05, 0) is 171 Å². The molecule has 0 radical (unpaired) electrons. The molecule has 2 aromatic rings. The van der Waals surface area contributed by atoms with Crippen molar-refractivity contribution < 1.29 is 9.47 Å². The molecule has 8 atom stereocenters. The Morgan fingerprint density at radius 2 is 0.910 bits per heavy atom. The van der Waals surface area contributed by atoms with Crippen molar-refractivity contribution >= 4 is 32.7 Å². The molecule has 8 bridgehead atoms. The Balaban J connectivity index is 1.19. The van der Waals surface area contributed by atoms with Gasteiger partial charge in [0.1, 0.15) is 11.5 Å². The van der Waals surface area contributed by atoms with Gasteiger partial charge >= 0.3 is 0 Å². The van der Waals surface area contributed by atoms with Crippen LogP contribution >= 0.6 is 21.0 Å². The number of ether oxygens (including phenoxy) is 2. The molecule has 8 unspecified atom stereocenters. The van der Waals surface area contributed by atoms with Crippen LogP contribution in [-0.4, -0.2) is 28.0 Å². The summed E-state index contributed by atoms with van der Waals surface area (Å²) in [4.78, 5) is 0. The lowest BCUT2D eigenvalue weighted by molar-refractivity contribution is -0.0992. The Hall–Kier alpha value is -1.52. The zero-order valence-corrected chi connectivity index (χ0v) is 46.7. The molecule has 0 spiro atoms. The van der Waals surface area contributed by atoms with Crippen LogP contribution in [0.15, 0.2) is 24.3 Å². The SMILES string of the molecule is C=S1Cc2cc(C(C)(C)C)cc(C34CC5CC(CC(CC(C)C)(C5)C3)C4)c2OC(C)(C)Oc2c(cc(C(C)(C)C)cc2C23CC4CC(CC(CC(C)C)(C4)C2)C3)CS(=C)C2CCCCCCC21. The molecule has 0 saturated heterocycles. The van der Waals surface area contributed by atoms with Crippen molar-refractivity contribution in [3.8, 4) is 11.5 Å². The summed E-state index contributed by atoms with van der Waals surface area (Å²) in [7, 11) is -0.144. The number of hydrogen-bond donors (Lipinski definition) is 0. The zero-order chi connectivity index (χ0) is 47.7. The first kappa shape index (κ1) is 49.1. The predicted molar refractivity (Wildman–Crippen MR) is 294 cm³/mol. The van der Waals surface area contributed by atoms with Crippen LogP contribution in [0.3, 0.4) is 0 Å². The average molecular weight is 950 g/mol. The molecular weight excluding hydrogens is 853 g/mol. The largest absolute Gasteiger partial charge is 0.452 e. The molecule has 67 heavy (non-hydrogen) atoms. The van der Waals surface area contributed by atoms with Gasteiger partial charge in [0.2, 0.25) is 5.79 Å². The standard InChI is InChI=1S/C63H96O2S2/c1-41(2)27-60-29-43-21-44(30-60)34-62(33-43,39-60)51-25-49(57(5,6)7)23-47-37-66(13)53-19-17-15-16-18-20-54(53)67(14)38-48-24-50(58(8,9)10)26-52(56(48)65-59(11,12)64-55(47)51)63-35-45-22-46(36-63)32-61(31-45,40-63)28-42(3)4/h23-26,41-46,53-54H,13-22,27-40H2,1-12H3. The third-order valence-electron chi connectivity index (χ3n) is 19.6. The second-order valence-electron chi connectivity index (χ2n) is 29.2. The van der Waals surface area contributed by atoms with Crippen molar-refractivity contribution in [2.45, 2.75) is 261 Å². The molecule has 9 fully saturated rings. The third-order valence-corrected chi connectivity index (χ3v) is 24.0. The molecular formula is C63H96O2S2. The van der Waals surface area contributed by atoms with Gasteiger partial charge in [-0.25, -0.2) is 0 Å². The van der Waals surface area contributed by atoms with Crippen LogP contribution in [0.2, 0.25) is 0 Å². The minimum atomic E-state index is -0.884. The summed E-state index contributed by atoms with van der Waals surface area (Å²) in [5, 5.41) is 1.15. The average Bonchev–Trinajstić information content (AvgIpc) is 3.15. The first-order valence-electron chi connectivity index (χ1n) is 28.1. The summed E-state index contributed by atoms with van der Waals surface area (Å²) in [6.07, 6.45) is 27.3. The summed E-state index contributed by atoms with van der Waals surface area (Å²) >= 11 is 0. The van der Waals surface area contributed by atoms with Crippen LogP contribution in [0, 0.1) is 46.3 Å². The maximum atomic E-state index is 8.00. The molecule has 4 heteroatoms. The van der Waals surface area contributed by atoms with Crippen LogP contribution in [0.1, 0.15) is 245 Å². The van der Waals surface area contributed by atoms with E-state index in [2.05, 4.69) is 107 Å². The smallest absolute Gasteiger partial charge is 0.245 e. The first-order chi connectivity index (χ1) is 31.4. The molecule has 9 aliphatic carbocycles. The predicted octanol–water partition coefficient (Wildman–Crippen LogP) is 17.8. The van der Waals surface area contributed by atoms with Gasteiger partial charge < -0.3 is 9.47 Å². The Kier molecular flexibility index (Phi) is 12.7. The summed E-state index contributed by atoms with van der Waals surface area (Å²) < 4.78 is 16.0. The van der Waals surface area contributed by atoms with Crippen LogP contribution in [0.5, 0.6) is 11.5 Å². The van der Waals surface area contributed by atoms with E-state index in [0.29, 0.717) is 21.3 Å². The molecule has 1 aliphatic heterocycles. The van der Waals surface area contributed by atoms with Gasteiger partial charge in [0.15, 0.2) is 0 Å². The lowest BCUT2D eigenvalue weighted by Crippen LogP contribution is -2.55. The van der Waals surface area contributed by atoms with E-state index >= 15 is 0 Å². The Labute approximate surface area is 416 Å². The maximum Gasteiger partial charge on any atom is 0.245 e. The van der Waals surface area contributed by atoms with Gasteiger partial charge in [0, 0.05) is 68.9 Å². The minimum absolute atomic E-state index is 0.0284. The molecule has 372 valence electrons. The van der Waals surface area contributed by atoms with E-state index in [1.807, 2.05) is 0 Å². The van der Waals surface area contributed by atoms with Gasteiger partial charge in [-0.15, -0.1) is 0 Å². The fourth-order valence-corrected chi connectivity index (χ4v) is 23.3. The molecule has 0 amide bonds. The molecule has 12 rings (SSSR count). The van der Waals surface area contributed by atoms with E-state index in [9.17, 15) is 0 Å². The second kappa shape index (κ2) is 17.3.